The standard InChI is InChI=1S/C22H31N3O/c1-3-24(4-2)13-14-26-22-9-5-18(6-10-22)16-25-12-11-19-15-21(23)8-7-20(19)17-25/h5-10,15H,3-4,11-14,16-17,23H2,1-2H3. The van der Waals surface area contributed by atoms with Gasteiger partial charge in [-0.25, -0.2) is 0 Å². The van der Waals surface area contributed by atoms with Gasteiger partial charge < -0.3 is 15.4 Å². The Kier molecular flexibility index (Phi) is 6.53. The first-order valence-electron chi connectivity index (χ1n) is 9.71. The molecule has 1 heterocycles. The van der Waals surface area contributed by atoms with Gasteiger partial charge in [0.25, 0.3) is 0 Å². The molecule has 0 unspecified atom stereocenters. The minimum Gasteiger partial charge on any atom is -0.492 e. The van der Waals surface area contributed by atoms with Crippen LogP contribution in [0.1, 0.15) is 30.5 Å². The van der Waals surface area contributed by atoms with Crippen molar-refractivity contribution in [2.24, 2.45) is 0 Å². The molecule has 4 nitrogen and oxygen atoms in total. The van der Waals surface area contributed by atoms with Crippen LogP contribution in [0.25, 0.3) is 0 Å². The fourth-order valence-electron chi connectivity index (χ4n) is 3.55. The normalized spacial score (nSPS) is 14.4. The number of nitrogens with two attached hydrogens (primary N) is 1. The number of hydrogen-bond donors (Lipinski definition) is 1. The van der Waals surface area contributed by atoms with Crippen LogP contribution in [-0.4, -0.2) is 42.6 Å². The minimum atomic E-state index is 0.743. The molecule has 26 heavy (non-hydrogen) atoms. The number of hydrogen-bond acceptors (Lipinski definition) is 4. The van der Waals surface area contributed by atoms with Crippen molar-refractivity contribution in [1.29, 1.82) is 0 Å². The highest BCUT2D eigenvalue weighted by atomic mass is 16.5. The molecule has 0 aliphatic carbocycles. The summed E-state index contributed by atoms with van der Waals surface area (Å²) in [5.41, 5.74) is 10.9. The highest BCUT2D eigenvalue weighted by Crippen LogP contribution is 2.23. The Morgan fingerprint density at radius 2 is 1.81 bits per heavy atom. The van der Waals surface area contributed by atoms with E-state index in [9.17, 15) is 0 Å². The number of nitrogen functional groups attached to an aromatic ring is 1. The summed E-state index contributed by atoms with van der Waals surface area (Å²) in [6, 6.07) is 14.9. The molecule has 0 atom stereocenters. The molecule has 0 saturated heterocycles. The lowest BCUT2D eigenvalue weighted by Gasteiger charge is -2.29. The second kappa shape index (κ2) is 9.06. The van der Waals surface area contributed by atoms with E-state index in [0.29, 0.717) is 0 Å². The second-order valence-electron chi connectivity index (χ2n) is 7.01. The lowest BCUT2D eigenvalue weighted by Crippen LogP contribution is -2.30. The number of nitrogens with zero attached hydrogens (tertiary/aromatic N) is 2. The van der Waals surface area contributed by atoms with Crippen LogP contribution in [0.2, 0.25) is 0 Å². The fourth-order valence-corrected chi connectivity index (χ4v) is 3.55. The molecule has 4 heteroatoms. The maximum absolute atomic E-state index is 5.89. The predicted octanol–water partition coefficient (Wildman–Crippen LogP) is 3.55. The SMILES string of the molecule is CCN(CC)CCOc1ccc(CN2CCc3cc(N)ccc3C2)cc1. The molecule has 2 aromatic rings. The summed E-state index contributed by atoms with van der Waals surface area (Å²) < 4.78 is 5.88. The average molecular weight is 354 g/mol. The van der Waals surface area contributed by atoms with Crippen LogP contribution in [0.5, 0.6) is 5.75 Å². The molecular formula is C22H31N3O. The van der Waals surface area contributed by atoms with Crippen molar-refractivity contribution in [3.8, 4) is 5.75 Å². The number of fused-ring (bicyclic) bond motifs is 1. The van der Waals surface area contributed by atoms with Gasteiger partial charge in [-0.15, -0.1) is 0 Å². The molecule has 2 N–H and O–H groups in total. The van der Waals surface area contributed by atoms with E-state index in [4.69, 9.17) is 10.5 Å². The van der Waals surface area contributed by atoms with Crippen molar-refractivity contribution in [2.45, 2.75) is 33.4 Å². The van der Waals surface area contributed by atoms with E-state index < -0.39 is 0 Å². The first kappa shape index (κ1) is 18.7. The summed E-state index contributed by atoms with van der Waals surface area (Å²) in [7, 11) is 0. The Labute approximate surface area is 157 Å². The average Bonchev–Trinajstić information content (AvgIpc) is 2.67. The Balaban J connectivity index is 1.49. The van der Waals surface area contributed by atoms with Crippen molar-refractivity contribution in [3.05, 3.63) is 59.2 Å². The Morgan fingerprint density at radius 1 is 1.04 bits per heavy atom. The van der Waals surface area contributed by atoms with Gasteiger partial charge in [0.1, 0.15) is 12.4 Å². The molecule has 3 rings (SSSR count). The summed E-state index contributed by atoms with van der Waals surface area (Å²) in [6.07, 6.45) is 1.08. The number of likely N-dealkylation sites (N-methyl/N-ethyl adjacent to an activating group) is 1. The Bertz CT molecular complexity index is 695. The lowest BCUT2D eigenvalue weighted by molar-refractivity contribution is 0.222. The summed E-state index contributed by atoms with van der Waals surface area (Å²) in [5.74, 6) is 0.959. The van der Waals surface area contributed by atoms with E-state index in [1.54, 1.807) is 0 Å². The Morgan fingerprint density at radius 3 is 2.54 bits per heavy atom. The lowest BCUT2D eigenvalue weighted by atomic mass is 9.98. The third-order valence-corrected chi connectivity index (χ3v) is 5.22. The predicted molar refractivity (Wildman–Crippen MR) is 108 cm³/mol. The number of anilines is 1. The molecule has 0 aromatic heterocycles. The third kappa shape index (κ3) is 4.99. The van der Waals surface area contributed by atoms with Crippen molar-refractivity contribution in [3.63, 3.8) is 0 Å². The van der Waals surface area contributed by atoms with Crippen molar-refractivity contribution >= 4 is 5.69 Å². The monoisotopic (exact) mass is 353 g/mol. The first-order chi connectivity index (χ1) is 12.7. The van der Waals surface area contributed by atoms with Crippen molar-refractivity contribution in [1.82, 2.24) is 9.80 Å². The number of rotatable bonds is 8. The largest absolute Gasteiger partial charge is 0.492 e. The molecule has 0 amide bonds. The second-order valence-corrected chi connectivity index (χ2v) is 7.01. The van der Waals surface area contributed by atoms with Crippen LogP contribution < -0.4 is 10.5 Å². The van der Waals surface area contributed by atoms with Gasteiger partial charge in [0, 0.05) is 31.9 Å². The summed E-state index contributed by atoms with van der Waals surface area (Å²) >= 11 is 0. The zero-order valence-electron chi connectivity index (χ0n) is 16.1. The fraction of sp³-hybridized carbons (Fsp3) is 0.455. The molecular weight excluding hydrogens is 322 g/mol. The minimum absolute atomic E-state index is 0.743. The summed E-state index contributed by atoms with van der Waals surface area (Å²) in [6.45, 7) is 11.3. The van der Waals surface area contributed by atoms with Crippen molar-refractivity contribution in [2.75, 3.05) is 38.5 Å². The molecule has 1 aliphatic rings. The number of ether oxygens (including phenoxy) is 1. The van der Waals surface area contributed by atoms with E-state index in [1.165, 1.54) is 16.7 Å². The van der Waals surface area contributed by atoms with Crippen LogP contribution >= 0.6 is 0 Å². The van der Waals surface area contributed by atoms with Gasteiger partial charge in [0.2, 0.25) is 0 Å². The zero-order valence-corrected chi connectivity index (χ0v) is 16.1. The van der Waals surface area contributed by atoms with E-state index in [2.05, 4.69) is 60.0 Å². The van der Waals surface area contributed by atoms with Crippen LogP contribution in [0.4, 0.5) is 5.69 Å². The molecule has 0 radical (unpaired) electrons. The summed E-state index contributed by atoms with van der Waals surface area (Å²) in [5, 5.41) is 0. The van der Waals surface area contributed by atoms with Crippen LogP contribution in [0.3, 0.4) is 0 Å². The van der Waals surface area contributed by atoms with Crippen LogP contribution in [0.15, 0.2) is 42.5 Å². The maximum Gasteiger partial charge on any atom is 0.119 e. The van der Waals surface area contributed by atoms with Crippen molar-refractivity contribution < 1.29 is 4.74 Å². The van der Waals surface area contributed by atoms with E-state index in [0.717, 1.165) is 63.7 Å². The molecule has 1 aliphatic heterocycles. The highest BCUT2D eigenvalue weighted by Gasteiger charge is 2.16. The smallest absolute Gasteiger partial charge is 0.119 e. The third-order valence-electron chi connectivity index (χ3n) is 5.22. The van der Waals surface area contributed by atoms with Gasteiger partial charge in [0.15, 0.2) is 0 Å². The first-order valence-corrected chi connectivity index (χ1v) is 9.71. The van der Waals surface area contributed by atoms with Gasteiger partial charge in [-0.1, -0.05) is 32.0 Å². The van der Waals surface area contributed by atoms with Gasteiger partial charge in [-0.3, -0.25) is 4.90 Å². The molecule has 2 aromatic carbocycles. The zero-order chi connectivity index (χ0) is 18.4. The van der Waals surface area contributed by atoms with Gasteiger partial charge in [-0.2, -0.15) is 0 Å². The summed E-state index contributed by atoms with van der Waals surface area (Å²) in [4.78, 5) is 4.87. The van der Waals surface area contributed by atoms with Gasteiger partial charge in [0.05, 0.1) is 0 Å². The van der Waals surface area contributed by atoms with Crippen LogP contribution in [-0.2, 0) is 19.5 Å². The van der Waals surface area contributed by atoms with Crippen LogP contribution in [0, 0.1) is 0 Å². The number of benzene rings is 2. The molecule has 0 spiro atoms. The van der Waals surface area contributed by atoms with E-state index in [1.807, 2.05) is 6.07 Å². The topological polar surface area (TPSA) is 41.7 Å². The molecule has 0 bridgehead atoms. The van der Waals surface area contributed by atoms with E-state index >= 15 is 0 Å². The maximum atomic E-state index is 5.89. The highest BCUT2D eigenvalue weighted by molar-refractivity contribution is 5.45. The molecule has 0 saturated carbocycles. The van der Waals surface area contributed by atoms with Gasteiger partial charge >= 0.3 is 0 Å². The van der Waals surface area contributed by atoms with Gasteiger partial charge in [-0.05, 0) is 60.5 Å². The quantitative estimate of drug-likeness (QED) is 0.737. The Hall–Kier alpha value is -2.04. The van der Waals surface area contributed by atoms with E-state index in [-0.39, 0.29) is 0 Å². The molecule has 0 fully saturated rings. The molecule has 140 valence electrons.